The highest BCUT2D eigenvalue weighted by Gasteiger charge is 2.25. The fourth-order valence-corrected chi connectivity index (χ4v) is 3.25. The van der Waals surface area contributed by atoms with Crippen molar-refractivity contribution in [3.63, 3.8) is 0 Å². The Labute approximate surface area is 152 Å². The van der Waals surface area contributed by atoms with Crippen LogP contribution in [0.15, 0.2) is 41.0 Å². The zero-order valence-electron chi connectivity index (χ0n) is 15.1. The number of hydrogen-bond acceptors (Lipinski definition) is 5. The third-order valence-electron chi connectivity index (χ3n) is 4.87. The molecule has 138 valence electrons. The van der Waals surface area contributed by atoms with Crippen LogP contribution in [0.25, 0.3) is 0 Å². The first-order valence-electron chi connectivity index (χ1n) is 8.77. The largest absolute Gasteiger partial charge is 0.467 e. The number of benzene rings is 1. The summed E-state index contributed by atoms with van der Waals surface area (Å²) in [5, 5.41) is 11.2. The third kappa shape index (κ3) is 3.87. The molecule has 1 fully saturated rings. The number of carbonyl (C=O) groups excluding carboxylic acids is 1. The molecule has 0 saturated carbocycles. The van der Waals surface area contributed by atoms with Crippen LogP contribution in [0.2, 0.25) is 0 Å². The van der Waals surface area contributed by atoms with Crippen LogP contribution < -0.4 is 4.90 Å². The summed E-state index contributed by atoms with van der Waals surface area (Å²) >= 11 is 0. The Morgan fingerprint density at radius 1 is 1.35 bits per heavy atom. The van der Waals surface area contributed by atoms with E-state index in [1.807, 2.05) is 0 Å². The minimum Gasteiger partial charge on any atom is -0.467 e. The van der Waals surface area contributed by atoms with Gasteiger partial charge in [0.1, 0.15) is 5.76 Å². The molecule has 1 aromatic heterocycles. The molecule has 0 atom stereocenters. The van der Waals surface area contributed by atoms with Gasteiger partial charge in [0.25, 0.3) is 11.6 Å². The van der Waals surface area contributed by atoms with Crippen LogP contribution in [0.4, 0.5) is 11.4 Å². The maximum Gasteiger partial charge on any atom is 0.270 e. The molecular weight excluding hydrogens is 334 g/mol. The monoisotopic (exact) mass is 357 g/mol. The lowest BCUT2D eigenvalue weighted by Gasteiger charge is -2.33. The zero-order valence-corrected chi connectivity index (χ0v) is 15.1. The molecule has 0 radical (unpaired) electrons. The second kappa shape index (κ2) is 7.59. The molecule has 0 bridgehead atoms. The highest BCUT2D eigenvalue weighted by Crippen LogP contribution is 2.30. The minimum absolute atomic E-state index is 0.0751. The summed E-state index contributed by atoms with van der Waals surface area (Å²) in [5.74, 6) is 1.07. The molecule has 7 nitrogen and oxygen atoms in total. The van der Waals surface area contributed by atoms with Gasteiger partial charge >= 0.3 is 0 Å². The summed E-state index contributed by atoms with van der Waals surface area (Å²) in [4.78, 5) is 27.4. The SMILES string of the molecule is CC1CCN(c2ccc([N+](=O)[O-])cc2C(=O)N(C)Cc2ccco2)CC1. The highest BCUT2D eigenvalue weighted by atomic mass is 16.6. The van der Waals surface area contributed by atoms with Gasteiger partial charge in [0.2, 0.25) is 0 Å². The van der Waals surface area contributed by atoms with Crippen molar-refractivity contribution in [1.29, 1.82) is 0 Å². The van der Waals surface area contributed by atoms with Crippen molar-refractivity contribution < 1.29 is 14.1 Å². The Hall–Kier alpha value is -2.83. The Morgan fingerprint density at radius 3 is 2.69 bits per heavy atom. The van der Waals surface area contributed by atoms with E-state index in [0.29, 0.717) is 23.8 Å². The number of non-ortho nitro benzene ring substituents is 1. The molecule has 0 N–H and O–H groups in total. The van der Waals surface area contributed by atoms with Gasteiger partial charge in [0.15, 0.2) is 0 Å². The molecule has 1 aliphatic heterocycles. The van der Waals surface area contributed by atoms with Gasteiger partial charge in [0, 0.05) is 32.3 Å². The van der Waals surface area contributed by atoms with Crippen molar-refractivity contribution in [3.05, 3.63) is 58.0 Å². The van der Waals surface area contributed by atoms with E-state index in [0.717, 1.165) is 31.6 Å². The predicted molar refractivity (Wildman–Crippen MR) is 98.2 cm³/mol. The number of nitro benzene ring substituents is 1. The van der Waals surface area contributed by atoms with Gasteiger partial charge in [-0.1, -0.05) is 6.92 Å². The quantitative estimate of drug-likeness (QED) is 0.602. The number of nitro groups is 1. The molecule has 1 saturated heterocycles. The number of piperidine rings is 1. The van der Waals surface area contributed by atoms with Gasteiger partial charge in [-0.3, -0.25) is 14.9 Å². The molecule has 2 heterocycles. The van der Waals surface area contributed by atoms with Gasteiger partial charge < -0.3 is 14.2 Å². The number of anilines is 1. The first-order chi connectivity index (χ1) is 12.5. The maximum absolute atomic E-state index is 13.0. The van der Waals surface area contributed by atoms with E-state index in [1.54, 1.807) is 31.5 Å². The summed E-state index contributed by atoms with van der Waals surface area (Å²) in [6, 6.07) is 8.11. The number of nitrogens with zero attached hydrogens (tertiary/aromatic N) is 3. The van der Waals surface area contributed by atoms with Crippen LogP contribution in [0, 0.1) is 16.0 Å². The van der Waals surface area contributed by atoms with E-state index in [1.165, 1.54) is 17.0 Å². The number of hydrogen-bond donors (Lipinski definition) is 0. The summed E-state index contributed by atoms with van der Waals surface area (Å²) in [6.07, 6.45) is 3.65. The smallest absolute Gasteiger partial charge is 0.270 e. The summed E-state index contributed by atoms with van der Waals surface area (Å²) in [6.45, 7) is 4.23. The van der Waals surface area contributed by atoms with E-state index in [2.05, 4.69) is 11.8 Å². The Bertz CT molecular complexity index is 780. The molecule has 1 amide bonds. The molecule has 0 spiro atoms. The van der Waals surface area contributed by atoms with Crippen LogP contribution >= 0.6 is 0 Å². The molecule has 1 aliphatic rings. The molecule has 0 unspecified atom stereocenters. The second-order valence-electron chi connectivity index (χ2n) is 6.87. The Kier molecular flexibility index (Phi) is 5.25. The normalized spacial score (nSPS) is 15.1. The fourth-order valence-electron chi connectivity index (χ4n) is 3.25. The van der Waals surface area contributed by atoms with Crippen LogP contribution in [0.1, 0.15) is 35.9 Å². The number of carbonyl (C=O) groups is 1. The first kappa shape index (κ1) is 18.0. The van der Waals surface area contributed by atoms with Crippen molar-refractivity contribution in [2.45, 2.75) is 26.3 Å². The van der Waals surface area contributed by atoms with E-state index < -0.39 is 4.92 Å². The van der Waals surface area contributed by atoms with Crippen LogP contribution in [0.5, 0.6) is 0 Å². The summed E-state index contributed by atoms with van der Waals surface area (Å²) < 4.78 is 5.30. The zero-order chi connectivity index (χ0) is 18.7. The van der Waals surface area contributed by atoms with Crippen molar-refractivity contribution in [2.75, 3.05) is 25.0 Å². The maximum atomic E-state index is 13.0. The van der Waals surface area contributed by atoms with E-state index >= 15 is 0 Å². The Balaban J connectivity index is 1.90. The van der Waals surface area contributed by atoms with Crippen molar-refractivity contribution >= 4 is 17.3 Å². The van der Waals surface area contributed by atoms with Crippen LogP contribution in [-0.2, 0) is 6.54 Å². The Morgan fingerprint density at radius 2 is 2.08 bits per heavy atom. The standard InChI is InChI=1S/C19H23N3O4/c1-14-7-9-21(10-8-14)18-6-5-15(22(24)25)12-17(18)19(23)20(2)13-16-4-3-11-26-16/h3-6,11-12,14H,7-10,13H2,1-2H3. The third-order valence-corrected chi connectivity index (χ3v) is 4.87. The van der Waals surface area contributed by atoms with Crippen molar-refractivity contribution in [1.82, 2.24) is 4.90 Å². The molecule has 0 aliphatic carbocycles. The lowest BCUT2D eigenvalue weighted by Crippen LogP contribution is -2.35. The molecular formula is C19H23N3O4. The molecule has 7 heteroatoms. The topological polar surface area (TPSA) is 79.8 Å². The molecule has 1 aromatic carbocycles. The van der Waals surface area contributed by atoms with Gasteiger partial charge in [-0.25, -0.2) is 0 Å². The average molecular weight is 357 g/mol. The number of amides is 1. The lowest BCUT2D eigenvalue weighted by atomic mass is 9.97. The first-order valence-corrected chi connectivity index (χ1v) is 8.77. The van der Waals surface area contributed by atoms with Crippen LogP contribution in [-0.4, -0.2) is 35.9 Å². The van der Waals surface area contributed by atoms with Gasteiger partial charge in [-0.05, 0) is 37.0 Å². The summed E-state index contributed by atoms with van der Waals surface area (Å²) in [5.41, 5.74) is 1.05. The van der Waals surface area contributed by atoms with Crippen molar-refractivity contribution in [2.24, 2.45) is 5.92 Å². The van der Waals surface area contributed by atoms with Gasteiger partial charge in [-0.15, -0.1) is 0 Å². The van der Waals surface area contributed by atoms with Crippen molar-refractivity contribution in [3.8, 4) is 0 Å². The fraction of sp³-hybridized carbons (Fsp3) is 0.421. The predicted octanol–water partition coefficient (Wildman–Crippen LogP) is 3.70. The molecule has 3 rings (SSSR count). The van der Waals surface area contributed by atoms with Crippen LogP contribution in [0.3, 0.4) is 0 Å². The highest BCUT2D eigenvalue weighted by molar-refractivity contribution is 6.00. The van der Waals surface area contributed by atoms with E-state index in [9.17, 15) is 14.9 Å². The summed E-state index contributed by atoms with van der Waals surface area (Å²) in [7, 11) is 1.67. The van der Waals surface area contributed by atoms with Gasteiger partial charge in [-0.2, -0.15) is 0 Å². The van der Waals surface area contributed by atoms with E-state index in [4.69, 9.17) is 4.42 Å². The number of furan rings is 1. The lowest BCUT2D eigenvalue weighted by molar-refractivity contribution is -0.384. The molecule has 2 aromatic rings. The average Bonchev–Trinajstić information content (AvgIpc) is 3.14. The van der Waals surface area contributed by atoms with Gasteiger partial charge in [0.05, 0.1) is 29.0 Å². The second-order valence-corrected chi connectivity index (χ2v) is 6.87. The van der Waals surface area contributed by atoms with E-state index in [-0.39, 0.29) is 11.6 Å². The molecule has 26 heavy (non-hydrogen) atoms. The number of rotatable bonds is 5. The minimum atomic E-state index is -0.467.